The molecule has 2 aromatic carbocycles. The molecule has 0 aliphatic carbocycles. The first-order valence-corrected chi connectivity index (χ1v) is 9.22. The predicted octanol–water partition coefficient (Wildman–Crippen LogP) is 4.36. The van der Waals surface area contributed by atoms with Crippen LogP contribution in [0.4, 0.5) is 25.0 Å². The molecule has 3 N–H and O–H groups in total. The Bertz CT molecular complexity index is 1120. The van der Waals surface area contributed by atoms with E-state index in [0.29, 0.717) is 5.69 Å². The molecule has 0 unspecified atom stereocenters. The first kappa shape index (κ1) is 18.6. The van der Waals surface area contributed by atoms with Gasteiger partial charge in [0.15, 0.2) is 0 Å². The number of carbonyl (C=O) groups is 1. The third-order valence-corrected chi connectivity index (χ3v) is 5.57. The van der Waals surface area contributed by atoms with Crippen molar-refractivity contribution in [1.82, 2.24) is 4.98 Å². The van der Waals surface area contributed by atoms with Crippen LogP contribution in [0.15, 0.2) is 72.3 Å². The molecule has 1 heterocycles. The van der Waals surface area contributed by atoms with Crippen molar-refractivity contribution in [1.29, 1.82) is 0 Å². The van der Waals surface area contributed by atoms with Crippen LogP contribution in [-0.2, 0) is 9.84 Å². The van der Waals surface area contributed by atoms with Crippen LogP contribution in [0.5, 0.6) is 0 Å². The van der Waals surface area contributed by atoms with Gasteiger partial charge >= 0.3 is 11.3 Å². The molecule has 0 saturated carbocycles. The van der Waals surface area contributed by atoms with Crippen molar-refractivity contribution in [3.8, 4) is 0 Å². The number of carbonyl (C=O) groups excluding carboxylic acids is 1. The minimum absolute atomic E-state index is 0.0520. The number of alkyl halides is 2. The molecule has 0 aliphatic heterocycles. The summed E-state index contributed by atoms with van der Waals surface area (Å²) in [5.74, 6) is 0. The Morgan fingerprint density at radius 1 is 1.07 bits per heavy atom. The smallest absolute Gasteiger partial charge is 0.361 e. The van der Waals surface area contributed by atoms with E-state index >= 15 is 0 Å². The number of aromatic amines is 1. The SMILES string of the molecule is C=CC(F)(F)S(=O)(=O)c1cccc(NC(=O)Nc2ccc3[nH]ccc3c2)c1. The molecule has 6 nitrogen and oxygen atoms in total. The number of halogens is 2. The summed E-state index contributed by atoms with van der Waals surface area (Å²) in [7, 11) is -4.95. The molecule has 3 rings (SSSR count). The highest BCUT2D eigenvalue weighted by molar-refractivity contribution is 7.92. The molecule has 0 atom stereocenters. The van der Waals surface area contributed by atoms with Gasteiger partial charge in [-0.05, 0) is 48.5 Å². The average Bonchev–Trinajstić information content (AvgIpc) is 3.09. The molecule has 3 aromatic rings. The van der Waals surface area contributed by atoms with Gasteiger partial charge in [0.05, 0.1) is 4.90 Å². The fraction of sp³-hybridized carbons (Fsp3) is 0.0556. The lowest BCUT2D eigenvalue weighted by molar-refractivity contribution is 0.147. The molecule has 9 heteroatoms. The number of aromatic nitrogens is 1. The first-order chi connectivity index (χ1) is 12.7. The van der Waals surface area contributed by atoms with Gasteiger partial charge in [-0.15, -0.1) is 0 Å². The molecule has 1 aromatic heterocycles. The summed E-state index contributed by atoms with van der Waals surface area (Å²) in [5.41, 5.74) is 1.47. The van der Waals surface area contributed by atoms with Crippen LogP contribution in [0.2, 0.25) is 0 Å². The van der Waals surface area contributed by atoms with E-state index in [1.54, 1.807) is 24.4 Å². The van der Waals surface area contributed by atoms with Crippen molar-refractivity contribution in [2.45, 2.75) is 10.2 Å². The van der Waals surface area contributed by atoms with E-state index in [9.17, 15) is 22.0 Å². The summed E-state index contributed by atoms with van der Waals surface area (Å²) < 4.78 is 51.1. The number of rotatable bonds is 5. The van der Waals surface area contributed by atoms with E-state index in [1.165, 1.54) is 12.1 Å². The number of H-pyrrole nitrogens is 1. The fourth-order valence-electron chi connectivity index (χ4n) is 2.43. The third kappa shape index (κ3) is 3.68. The lowest BCUT2D eigenvalue weighted by Crippen LogP contribution is -2.26. The topological polar surface area (TPSA) is 91.1 Å². The van der Waals surface area contributed by atoms with Crippen LogP contribution in [0.1, 0.15) is 0 Å². The Labute approximate surface area is 153 Å². The van der Waals surface area contributed by atoms with Crippen molar-refractivity contribution in [2.24, 2.45) is 0 Å². The highest BCUT2D eigenvalue weighted by Crippen LogP contribution is 2.31. The molecular formula is C18H15F2N3O3S. The number of urea groups is 1. The second-order valence-corrected chi connectivity index (χ2v) is 7.68. The molecule has 0 saturated heterocycles. The Morgan fingerprint density at radius 2 is 1.78 bits per heavy atom. The second kappa shape index (κ2) is 6.84. The van der Waals surface area contributed by atoms with Gasteiger partial charge in [-0.2, -0.15) is 8.78 Å². The van der Waals surface area contributed by atoms with Crippen molar-refractivity contribution in [3.63, 3.8) is 0 Å². The third-order valence-electron chi connectivity index (χ3n) is 3.81. The highest BCUT2D eigenvalue weighted by atomic mass is 32.2. The Kier molecular flexibility index (Phi) is 4.71. The molecule has 0 radical (unpaired) electrons. The Hall–Kier alpha value is -3.20. The van der Waals surface area contributed by atoms with Crippen molar-refractivity contribution >= 4 is 38.1 Å². The molecule has 0 bridgehead atoms. The largest absolute Gasteiger partial charge is 0.368 e. The minimum atomic E-state index is -4.95. The van der Waals surface area contributed by atoms with Gasteiger partial charge in [0.1, 0.15) is 0 Å². The normalized spacial score (nSPS) is 11.9. The predicted molar refractivity (Wildman–Crippen MR) is 99.7 cm³/mol. The molecular weight excluding hydrogens is 376 g/mol. The Morgan fingerprint density at radius 3 is 2.48 bits per heavy atom. The maximum Gasteiger partial charge on any atom is 0.368 e. The zero-order valence-electron chi connectivity index (χ0n) is 13.9. The van der Waals surface area contributed by atoms with E-state index in [1.807, 2.05) is 6.07 Å². The number of nitrogens with one attached hydrogen (secondary N) is 3. The van der Waals surface area contributed by atoms with Crippen molar-refractivity contribution < 1.29 is 22.0 Å². The molecule has 2 amide bonds. The van der Waals surface area contributed by atoms with E-state index in [2.05, 4.69) is 22.2 Å². The number of fused-ring (bicyclic) bond motifs is 1. The summed E-state index contributed by atoms with van der Waals surface area (Å²) in [5, 5.41) is 1.80. The zero-order chi connectivity index (χ0) is 19.7. The van der Waals surface area contributed by atoms with E-state index in [4.69, 9.17) is 0 Å². The lowest BCUT2D eigenvalue weighted by atomic mass is 10.2. The summed E-state index contributed by atoms with van der Waals surface area (Å²) in [6, 6.07) is 11.0. The van der Waals surface area contributed by atoms with Crippen LogP contribution < -0.4 is 10.6 Å². The molecule has 0 fully saturated rings. The van der Waals surface area contributed by atoms with Gasteiger partial charge in [-0.25, -0.2) is 13.2 Å². The van der Waals surface area contributed by atoms with Gasteiger partial charge < -0.3 is 15.6 Å². The number of benzene rings is 2. The monoisotopic (exact) mass is 391 g/mol. The summed E-state index contributed by atoms with van der Waals surface area (Å²) in [4.78, 5) is 14.5. The lowest BCUT2D eigenvalue weighted by Gasteiger charge is -2.14. The first-order valence-electron chi connectivity index (χ1n) is 7.74. The summed E-state index contributed by atoms with van der Waals surface area (Å²) in [6.45, 7) is 2.85. The maximum atomic E-state index is 13.6. The summed E-state index contributed by atoms with van der Waals surface area (Å²) in [6.07, 6.45) is 1.83. The van der Waals surface area contributed by atoms with Gasteiger partial charge in [0, 0.05) is 28.5 Å². The van der Waals surface area contributed by atoms with Crippen LogP contribution in [-0.4, -0.2) is 24.7 Å². The van der Waals surface area contributed by atoms with Gasteiger partial charge in [-0.1, -0.05) is 12.6 Å². The number of amides is 2. The number of hydrogen-bond donors (Lipinski definition) is 3. The Balaban J connectivity index is 1.77. The zero-order valence-corrected chi connectivity index (χ0v) is 14.7. The van der Waals surface area contributed by atoms with Gasteiger partial charge in [-0.3, -0.25) is 0 Å². The summed E-state index contributed by atoms with van der Waals surface area (Å²) >= 11 is 0. The van der Waals surface area contributed by atoms with Gasteiger partial charge in [0.25, 0.3) is 0 Å². The standard InChI is InChI=1S/C18H15F2N3O3S/c1-2-18(19,20)27(25,26)15-5-3-4-13(11-15)22-17(24)23-14-6-7-16-12(10-14)8-9-21-16/h2-11,21H,1H2,(H2,22,23,24). The van der Waals surface area contributed by atoms with Crippen LogP contribution >= 0.6 is 0 Å². The second-order valence-electron chi connectivity index (χ2n) is 5.66. The number of sulfone groups is 1. The molecule has 0 spiro atoms. The fourth-order valence-corrected chi connectivity index (χ4v) is 3.51. The molecule has 27 heavy (non-hydrogen) atoms. The molecule has 0 aliphatic rings. The number of anilines is 2. The van der Waals surface area contributed by atoms with E-state index < -0.39 is 26.0 Å². The number of hydrogen-bond acceptors (Lipinski definition) is 3. The van der Waals surface area contributed by atoms with Crippen LogP contribution in [0.3, 0.4) is 0 Å². The van der Waals surface area contributed by atoms with Crippen molar-refractivity contribution in [2.75, 3.05) is 10.6 Å². The maximum absolute atomic E-state index is 13.6. The highest BCUT2D eigenvalue weighted by Gasteiger charge is 2.43. The average molecular weight is 391 g/mol. The van der Waals surface area contributed by atoms with E-state index in [0.717, 1.165) is 23.0 Å². The van der Waals surface area contributed by atoms with Crippen molar-refractivity contribution in [3.05, 3.63) is 67.4 Å². The minimum Gasteiger partial charge on any atom is -0.361 e. The van der Waals surface area contributed by atoms with Gasteiger partial charge in [0.2, 0.25) is 9.84 Å². The van der Waals surface area contributed by atoms with E-state index in [-0.39, 0.29) is 11.8 Å². The van der Waals surface area contributed by atoms with Crippen LogP contribution in [0.25, 0.3) is 10.9 Å². The van der Waals surface area contributed by atoms with Crippen LogP contribution in [0, 0.1) is 0 Å². The molecule has 140 valence electrons. The quantitative estimate of drug-likeness (QED) is 0.564.